The van der Waals surface area contributed by atoms with Gasteiger partial charge in [-0.15, -0.1) is 12.4 Å². The fourth-order valence-corrected chi connectivity index (χ4v) is 2.46. The van der Waals surface area contributed by atoms with Gasteiger partial charge in [0.15, 0.2) is 0 Å². The van der Waals surface area contributed by atoms with Crippen LogP contribution in [-0.4, -0.2) is 13.1 Å². The Labute approximate surface area is 138 Å². The average Bonchev–Trinajstić information content (AvgIpc) is 2.39. The maximum Gasteiger partial charge on any atom is 0.142 e. The quantitative estimate of drug-likeness (QED) is 0.887. The van der Waals surface area contributed by atoms with Gasteiger partial charge in [-0.1, -0.05) is 23.7 Å². The third-order valence-corrected chi connectivity index (χ3v) is 3.88. The number of hydrogen-bond donors (Lipinski definition) is 1. The molecule has 0 unspecified atom stereocenters. The molecule has 0 aliphatic carbocycles. The Morgan fingerprint density at radius 2 is 1.91 bits per heavy atom. The minimum Gasteiger partial charge on any atom is -0.485 e. The maximum absolute atomic E-state index is 13.7. The van der Waals surface area contributed by atoms with E-state index in [1.807, 2.05) is 0 Å². The largest absolute Gasteiger partial charge is 0.485 e. The first-order valence-electron chi connectivity index (χ1n) is 6.71. The Morgan fingerprint density at radius 3 is 2.50 bits per heavy atom. The number of halogens is 4. The molecule has 118 valence electrons. The Balaban J connectivity index is 0.00000176. The number of ether oxygens (including phenoxy) is 1. The lowest BCUT2D eigenvalue weighted by Gasteiger charge is -2.35. The van der Waals surface area contributed by atoms with Crippen LogP contribution in [0.3, 0.4) is 0 Å². The molecule has 0 spiro atoms. The summed E-state index contributed by atoms with van der Waals surface area (Å²) in [6.45, 7) is 1.56. The standard InChI is InChI=1S/C16H14ClF2NO.ClH/c17-14-5-4-10(6-15(14)19)16(11-8-20-9-11)21-13-3-1-2-12(18)7-13;/h1-7,11,16,20H,8-9H2;1H/t16-;/m0./s1. The molecule has 2 aromatic carbocycles. The highest BCUT2D eigenvalue weighted by Gasteiger charge is 2.30. The van der Waals surface area contributed by atoms with Gasteiger partial charge in [-0.25, -0.2) is 8.78 Å². The van der Waals surface area contributed by atoms with Gasteiger partial charge in [0.2, 0.25) is 0 Å². The molecule has 0 aromatic heterocycles. The molecule has 0 radical (unpaired) electrons. The summed E-state index contributed by atoms with van der Waals surface area (Å²) in [7, 11) is 0. The van der Waals surface area contributed by atoms with Crippen LogP contribution in [0.15, 0.2) is 42.5 Å². The minimum atomic E-state index is -0.478. The summed E-state index contributed by atoms with van der Waals surface area (Å²) >= 11 is 5.72. The van der Waals surface area contributed by atoms with Crippen LogP contribution in [0.5, 0.6) is 5.75 Å². The summed E-state index contributed by atoms with van der Waals surface area (Å²) < 4.78 is 32.8. The lowest BCUT2D eigenvalue weighted by Crippen LogP contribution is -2.46. The SMILES string of the molecule is Cl.Fc1cccc(O[C@@H](c2ccc(Cl)c(F)c2)C2CNC2)c1. The van der Waals surface area contributed by atoms with Crippen LogP contribution < -0.4 is 10.1 Å². The molecule has 1 saturated heterocycles. The first-order valence-corrected chi connectivity index (χ1v) is 7.09. The highest BCUT2D eigenvalue weighted by Crippen LogP contribution is 2.32. The van der Waals surface area contributed by atoms with Crippen LogP contribution in [-0.2, 0) is 0 Å². The molecule has 1 heterocycles. The summed E-state index contributed by atoms with van der Waals surface area (Å²) in [5.74, 6) is -0.189. The summed E-state index contributed by atoms with van der Waals surface area (Å²) in [5.41, 5.74) is 0.702. The van der Waals surface area contributed by atoms with E-state index in [1.165, 1.54) is 24.3 Å². The van der Waals surface area contributed by atoms with Gasteiger partial charge in [0, 0.05) is 25.1 Å². The Kier molecular flexibility index (Phi) is 5.62. The topological polar surface area (TPSA) is 21.3 Å². The second kappa shape index (κ2) is 7.27. The van der Waals surface area contributed by atoms with E-state index < -0.39 is 5.82 Å². The van der Waals surface area contributed by atoms with E-state index in [2.05, 4.69) is 5.32 Å². The molecule has 6 heteroatoms. The minimum absolute atomic E-state index is 0. The lowest BCUT2D eigenvalue weighted by atomic mass is 9.90. The molecule has 1 aliphatic heterocycles. The van der Waals surface area contributed by atoms with E-state index in [4.69, 9.17) is 16.3 Å². The molecule has 1 atom stereocenters. The summed E-state index contributed by atoms with van der Waals surface area (Å²) in [6.07, 6.45) is -0.334. The van der Waals surface area contributed by atoms with Crippen molar-refractivity contribution in [2.45, 2.75) is 6.10 Å². The predicted octanol–water partition coefficient (Wildman–Crippen LogP) is 4.38. The van der Waals surface area contributed by atoms with Crippen molar-refractivity contribution in [1.29, 1.82) is 0 Å². The number of nitrogens with one attached hydrogen (secondary N) is 1. The monoisotopic (exact) mass is 345 g/mol. The lowest BCUT2D eigenvalue weighted by molar-refractivity contribution is 0.0987. The van der Waals surface area contributed by atoms with Crippen LogP contribution in [0.1, 0.15) is 11.7 Å². The molecule has 1 fully saturated rings. The highest BCUT2D eigenvalue weighted by molar-refractivity contribution is 6.30. The summed E-state index contributed by atoms with van der Waals surface area (Å²) in [5, 5.41) is 3.24. The second-order valence-electron chi connectivity index (χ2n) is 5.09. The summed E-state index contributed by atoms with van der Waals surface area (Å²) in [4.78, 5) is 0. The second-order valence-corrected chi connectivity index (χ2v) is 5.49. The van der Waals surface area contributed by atoms with Crippen molar-refractivity contribution in [3.63, 3.8) is 0 Å². The van der Waals surface area contributed by atoms with Gasteiger partial charge in [-0.3, -0.25) is 0 Å². The van der Waals surface area contributed by atoms with Crippen LogP contribution in [0.4, 0.5) is 8.78 Å². The van der Waals surface area contributed by atoms with Crippen molar-refractivity contribution in [1.82, 2.24) is 5.32 Å². The zero-order chi connectivity index (χ0) is 14.8. The number of benzene rings is 2. The molecule has 2 aromatic rings. The average molecular weight is 346 g/mol. The molecule has 1 N–H and O–H groups in total. The zero-order valence-corrected chi connectivity index (χ0v) is 13.1. The van der Waals surface area contributed by atoms with Crippen molar-refractivity contribution < 1.29 is 13.5 Å². The fraction of sp³-hybridized carbons (Fsp3) is 0.250. The van der Waals surface area contributed by atoms with Gasteiger partial charge in [0.05, 0.1) is 5.02 Å². The third-order valence-electron chi connectivity index (χ3n) is 3.57. The van der Waals surface area contributed by atoms with Gasteiger partial charge < -0.3 is 10.1 Å². The third kappa shape index (κ3) is 3.69. The Bertz CT molecular complexity index is 650. The van der Waals surface area contributed by atoms with Crippen LogP contribution >= 0.6 is 24.0 Å². The fourth-order valence-electron chi connectivity index (χ4n) is 2.34. The molecule has 1 aliphatic rings. The maximum atomic E-state index is 13.7. The number of hydrogen-bond acceptors (Lipinski definition) is 2. The molecular formula is C16H15Cl2F2NO. The Hall–Kier alpha value is -1.36. The van der Waals surface area contributed by atoms with E-state index in [0.717, 1.165) is 13.1 Å². The van der Waals surface area contributed by atoms with Gasteiger partial charge in [-0.05, 0) is 29.8 Å². The van der Waals surface area contributed by atoms with Crippen molar-refractivity contribution in [2.24, 2.45) is 5.92 Å². The molecule has 2 nitrogen and oxygen atoms in total. The molecule has 3 rings (SSSR count). The molecular weight excluding hydrogens is 331 g/mol. The molecule has 0 saturated carbocycles. The van der Waals surface area contributed by atoms with Crippen LogP contribution in [0.25, 0.3) is 0 Å². The van der Waals surface area contributed by atoms with E-state index in [0.29, 0.717) is 11.3 Å². The smallest absolute Gasteiger partial charge is 0.142 e. The van der Waals surface area contributed by atoms with Gasteiger partial charge in [-0.2, -0.15) is 0 Å². The van der Waals surface area contributed by atoms with Crippen LogP contribution in [0, 0.1) is 17.6 Å². The van der Waals surface area contributed by atoms with Crippen molar-refractivity contribution in [2.75, 3.05) is 13.1 Å². The molecule has 0 bridgehead atoms. The molecule has 22 heavy (non-hydrogen) atoms. The van der Waals surface area contributed by atoms with E-state index in [-0.39, 0.29) is 35.3 Å². The van der Waals surface area contributed by atoms with E-state index >= 15 is 0 Å². The van der Waals surface area contributed by atoms with E-state index in [1.54, 1.807) is 18.2 Å². The molecule has 0 amide bonds. The van der Waals surface area contributed by atoms with Crippen molar-refractivity contribution in [3.8, 4) is 5.75 Å². The first-order chi connectivity index (χ1) is 10.1. The summed E-state index contributed by atoms with van der Waals surface area (Å²) in [6, 6.07) is 10.6. The van der Waals surface area contributed by atoms with Crippen molar-refractivity contribution >= 4 is 24.0 Å². The normalized spacial score (nSPS) is 15.6. The van der Waals surface area contributed by atoms with E-state index in [9.17, 15) is 8.78 Å². The van der Waals surface area contributed by atoms with Crippen molar-refractivity contribution in [3.05, 3.63) is 64.7 Å². The predicted molar refractivity (Wildman–Crippen MR) is 84.8 cm³/mol. The van der Waals surface area contributed by atoms with Gasteiger partial charge in [0.1, 0.15) is 23.5 Å². The Morgan fingerprint density at radius 1 is 1.14 bits per heavy atom. The first kappa shape index (κ1) is 17.0. The van der Waals surface area contributed by atoms with Gasteiger partial charge in [0.25, 0.3) is 0 Å². The van der Waals surface area contributed by atoms with Gasteiger partial charge >= 0.3 is 0 Å². The number of rotatable bonds is 4. The highest BCUT2D eigenvalue weighted by atomic mass is 35.5. The van der Waals surface area contributed by atoms with Crippen LogP contribution in [0.2, 0.25) is 5.02 Å². The zero-order valence-electron chi connectivity index (χ0n) is 11.6.